The van der Waals surface area contributed by atoms with Crippen molar-refractivity contribution in [2.45, 2.75) is 6.61 Å². The molecule has 0 unspecified atom stereocenters. The van der Waals surface area contributed by atoms with E-state index in [9.17, 15) is 9.18 Å². The summed E-state index contributed by atoms with van der Waals surface area (Å²) in [4.78, 5) is 12.1. The summed E-state index contributed by atoms with van der Waals surface area (Å²) in [5.74, 6) is -0.327. The molecule has 0 saturated carbocycles. The maximum absolute atomic E-state index is 14.3. The molecule has 0 saturated heterocycles. The number of carbonyl (C=O) groups is 1. The Balaban J connectivity index is 1.39. The zero-order valence-electron chi connectivity index (χ0n) is 15.2. The molecule has 144 valence electrons. The van der Waals surface area contributed by atoms with Crippen LogP contribution >= 0.6 is 0 Å². The monoisotopic (exact) mass is 389 g/mol. The van der Waals surface area contributed by atoms with Crippen molar-refractivity contribution in [2.75, 3.05) is 5.32 Å². The number of halogens is 1. The summed E-state index contributed by atoms with van der Waals surface area (Å²) in [6.07, 6.45) is 0. The van der Waals surface area contributed by atoms with Crippen LogP contribution in [0.1, 0.15) is 16.2 Å². The molecule has 29 heavy (non-hydrogen) atoms. The van der Waals surface area contributed by atoms with Crippen molar-refractivity contribution in [1.82, 2.24) is 10.2 Å². The van der Waals surface area contributed by atoms with Crippen LogP contribution in [-0.2, 0) is 6.61 Å². The van der Waals surface area contributed by atoms with Crippen LogP contribution in [0.4, 0.5) is 10.1 Å². The van der Waals surface area contributed by atoms with Crippen molar-refractivity contribution in [1.29, 1.82) is 0 Å². The van der Waals surface area contributed by atoms with Crippen LogP contribution in [0.3, 0.4) is 0 Å². The molecule has 0 aliphatic carbocycles. The smallest absolute Gasteiger partial charge is 0.255 e. The largest absolute Gasteiger partial charge is 0.481 e. The first-order valence-electron chi connectivity index (χ1n) is 8.85. The van der Waals surface area contributed by atoms with Crippen molar-refractivity contribution in [2.24, 2.45) is 0 Å². The number of nitrogens with zero attached hydrogens (tertiary/aromatic N) is 2. The zero-order valence-corrected chi connectivity index (χ0v) is 15.2. The number of rotatable bonds is 6. The molecule has 1 heterocycles. The van der Waals surface area contributed by atoms with Crippen LogP contribution in [0.25, 0.3) is 11.5 Å². The number of aromatic nitrogens is 2. The lowest BCUT2D eigenvalue weighted by molar-refractivity contribution is 0.102. The van der Waals surface area contributed by atoms with Crippen LogP contribution in [0.2, 0.25) is 0 Å². The van der Waals surface area contributed by atoms with Gasteiger partial charge in [-0.1, -0.05) is 36.4 Å². The lowest BCUT2D eigenvalue weighted by Crippen LogP contribution is -2.11. The Bertz CT molecular complexity index is 1110. The Morgan fingerprint density at radius 3 is 2.41 bits per heavy atom. The molecule has 7 heteroatoms. The van der Waals surface area contributed by atoms with Gasteiger partial charge < -0.3 is 14.5 Å². The zero-order chi connectivity index (χ0) is 20.1. The van der Waals surface area contributed by atoms with E-state index in [-0.39, 0.29) is 24.2 Å². The second kappa shape index (κ2) is 8.35. The topological polar surface area (TPSA) is 77.2 Å². The third kappa shape index (κ3) is 4.47. The minimum Gasteiger partial charge on any atom is -0.481 e. The van der Waals surface area contributed by atoms with Crippen LogP contribution in [0, 0.1) is 5.82 Å². The predicted molar refractivity (Wildman–Crippen MR) is 105 cm³/mol. The summed E-state index contributed by atoms with van der Waals surface area (Å²) in [7, 11) is 0. The van der Waals surface area contributed by atoms with E-state index >= 15 is 0 Å². The average Bonchev–Trinajstić information content (AvgIpc) is 3.23. The number of hydrogen-bond donors (Lipinski definition) is 1. The second-order valence-electron chi connectivity index (χ2n) is 6.12. The highest BCUT2D eigenvalue weighted by Gasteiger charge is 2.12. The fourth-order valence-corrected chi connectivity index (χ4v) is 2.64. The molecule has 0 atom stereocenters. The molecule has 0 spiro atoms. The van der Waals surface area contributed by atoms with E-state index in [4.69, 9.17) is 9.15 Å². The minimum atomic E-state index is -0.612. The van der Waals surface area contributed by atoms with Gasteiger partial charge in [-0.05, 0) is 36.4 Å². The maximum Gasteiger partial charge on any atom is 0.255 e. The van der Waals surface area contributed by atoms with Crippen LogP contribution < -0.4 is 10.1 Å². The maximum atomic E-state index is 14.3. The molecule has 0 aliphatic rings. The molecule has 1 aromatic heterocycles. The predicted octanol–water partition coefficient (Wildman–Crippen LogP) is 4.71. The third-order valence-electron chi connectivity index (χ3n) is 4.06. The van der Waals surface area contributed by atoms with Gasteiger partial charge in [0.2, 0.25) is 5.89 Å². The molecule has 3 aromatic carbocycles. The van der Waals surface area contributed by atoms with Crippen LogP contribution in [0.5, 0.6) is 5.75 Å². The Hall–Kier alpha value is -4.00. The van der Waals surface area contributed by atoms with Gasteiger partial charge in [0.05, 0.1) is 0 Å². The van der Waals surface area contributed by atoms with Gasteiger partial charge in [0.25, 0.3) is 11.8 Å². The van der Waals surface area contributed by atoms with Gasteiger partial charge in [-0.2, -0.15) is 0 Å². The summed E-state index contributed by atoms with van der Waals surface area (Å²) in [6, 6.07) is 22.2. The second-order valence-corrected chi connectivity index (χ2v) is 6.12. The molecular weight excluding hydrogens is 373 g/mol. The van der Waals surface area contributed by atoms with E-state index in [0.717, 1.165) is 5.56 Å². The van der Waals surface area contributed by atoms with Crippen molar-refractivity contribution < 1.29 is 18.3 Å². The Kier molecular flexibility index (Phi) is 5.29. The number of benzene rings is 3. The van der Waals surface area contributed by atoms with Crippen molar-refractivity contribution in [3.05, 3.63) is 96.1 Å². The van der Waals surface area contributed by atoms with E-state index in [1.165, 1.54) is 12.1 Å². The van der Waals surface area contributed by atoms with Gasteiger partial charge in [-0.3, -0.25) is 4.79 Å². The summed E-state index contributed by atoms with van der Waals surface area (Å²) in [6.45, 7) is -0.0769. The van der Waals surface area contributed by atoms with E-state index in [1.807, 2.05) is 36.4 Å². The minimum absolute atomic E-state index is 0.0159. The number of carbonyl (C=O) groups excluding carboxylic acids is 1. The normalized spacial score (nSPS) is 10.5. The van der Waals surface area contributed by atoms with Gasteiger partial charge >= 0.3 is 0 Å². The number of anilines is 1. The fraction of sp³-hybridized carbons (Fsp3) is 0.0455. The number of ether oxygens (including phenoxy) is 1. The molecule has 4 rings (SSSR count). The van der Waals surface area contributed by atoms with E-state index in [0.29, 0.717) is 17.1 Å². The highest BCUT2D eigenvalue weighted by molar-refractivity contribution is 6.04. The van der Waals surface area contributed by atoms with E-state index in [1.54, 1.807) is 30.3 Å². The van der Waals surface area contributed by atoms with Crippen molar-refractivity contribution in [3.8, 4) is 17.2 Å². The lowest BCUT2D eigenvalue weighted by atomic mass is 10.2. The molecule has 6 nitrogen and oxygen atoms in total. The number of amides is 1. The van der Waals surface area contributed by atoms with Crippen LogP contribution in [-0.4, -0.2) is 16.1 Å². The SMILES string of the molecule is O=C(Nc1ccc(OCc2nnc(-c3ccccc3)o2)c(F)c1)c1ccccc1. The van der Waals surface area contributed by atoms with E-state index in [2.05, 4.69) is 15.5 Å². The highest BCUT2D eigenvalue weighted by Crippen LogP contribution is 2.23. The fourth-order valence-electron chi connectivity index (χ4n) is 2.64. The van der Waals surface area contributed by atoms with Gasteiger partial charge in [0, 0.05) is 22.9 Å². The highest BCUT2D eigenvalue weighted by atomic mass is 19.1. The molecule has 0 bridgehead atoms. The van der Waals surface area contributed by atoms with E-state index < -0.39 is 5.82 Å². The molecule has 4 aromatic rings. The summed E-state index contributed by atoms with van der Waals surface area (Å²) < 4.78 is 25.3. The first kappa shape index (κ1) is 18.4. The Morgan fingerprint density at radius 2 is 1.69 bits per heavy atom. The first-order valence-corrected chi connectivity index (χ1v) is 8.85. The Morgan fingerprint density at radius 1 is 0.966 bits per heavy atom. The van der Waals surface area contributed by atoms with Crippen LogP contribution in [0.15, 0.2) is 83.3 Å². The van der Waals surface area contributed by atoms with Gasteiger partial charge in [-0.15, -0.1) is 10.2 Å². The summed E-state index contributed by atoms with van der Waals surface area (Å²) in [5, 5.41) is 10.5. The number of nitrogens with one attached hydrogen (secondary N) is 1. The lowest BCUT2D eigenvalue weighted by Gasteiger charge is -2.08. The summed E-state index contributed by atoms with van der Waals surface area (Å²) >= 11 is 0. The third-order valence-corrected chi connectivity index (χ3v) is 4.06. The first-order chi connectivity index (χ1) is 14.2. The van der Waals surface area contributed by atoms with Crippen molar-refractivity contribution >= 4 is 11.6 Å². The van der Waals surface area contributed by atoms with Gasteiger partial charge in [0.1, 0.15) is 0 Å². The molecular formula is C22H16FN3O3. The molecule has 0 fully saturated rings. The van der Waals surface area contributed by atoms with Crippen molar-refractivity contribution in [3.63, 3.8) is 0 Å². The van der Waals surface area contributed by atoms with Gasteiger partial charge in [0.15, 0.2) is 18.2 Å². The molecule has 1 amide bonds. The average molecular weight is 389 g/mol. The number of hydrogen-bond acceptors (Lipinski definition) is 5. The molecule has 0 aliphatic heterocycles. The van der Waals surface area contributed by atoms with Gasteiger partial charge in [-0.25, -0.2) is 4.39 Å². The molecule has 0 radical (unpaired) electrons. The quantitative estimate of drug-likeness (QED) is 0.517. The standard InChI is InChI=1S/C22H16FN3O3/c23-18-13-17(24-21(27)15-7-3-1-4-8-15)11-12-19(18)28-14-20-25-26-22(29-20)16-9-5-2-6-10-16/h1-13H,14H2,(H,24,27). The Labute approximate surface area is 166 Å². The summed E-state index contributed by atoms with van der Waals surface area (Å²) in [5.41, 5.74) is 1.60. The molecule has 1 N–H and O–H groups in total.